The van der Waals surface area contributed by atoms with E-state index in [1.54, 1.807) is 12.1 Å². The molecule has 2 heterocycles. The highest BCUT2D eigenvalue weighted by atomic mass is 16.7. The maximum Gasteiger partial charge on any atom is 0.253 e. The lowest BCUT2D eigenvalue weighted by molar-refractivity contribution is -0.148. The summed E-state index contributed by atoms with van der Waals surface area (Å²) in [5.74, 6) is 1.01. The van der Waals surface area contributed by atoms with Crippen molar-refractivity contribution in [2.75, 3.05) is 26.2 Å². The van der Waals surface area contributed by atoms with E-state index in [0.717, 1.165) is 40.8 Å². The third kappa shape index (κ3) is 5.84. The van der Waals surface area contributed by atoms with E-state index in [2.05, 4.69) is 11.4 Å². The smallest absolute Gasteiger partial charge is 0.253 e. The van der Waals surface area contributed by atoms with Gasteiger partial charge in [-0.25, -0.2) is 0 Å². The lowest BCUT2D eigenvalue weighted by Crippen LogP contribution is -2.44. The Morgan fingerprint density at radius 1 is 0.919 bits per heavy atom. The van der Waals surface area contributed by atoms with Crippen LogP contribution in [0.4, 0.5) is 0 Å². The first-order valence-corrected chi connectivity index (χ1v) is 12.9. The van der Waals surface area contributed by atoms with Gasteiger partial charge in [0.15, 0.2) is 0 Å². The standard InChI is InChI=1S/C30H32N2O5/c33-18-4-15-31-28(34)22-9-7-21(8-10-22)25-11-12-27-26(19-25)20-36-30(37-27)24-13-16-32(17-14-24)29(35)23-5-2-1-3-6-23/h1-3,5-12,19,24,30,33H,4,13-18,20H2,(H,31,34). The van der Waals surface area contributed by atoms with Gasteiger partial charge >= 0.3 is 0 Å². The number of nitrogens with one attached hydrogen (secondary N) is 1. The SMILES string of the molecule is O=C(NCCCO)c1ccc(-c2ccc3c(c2)COC(C2CCN(C(=O)c4ccccc4)CC2)O3)cc1. The minimum atomic E-state index is -0.309. The molecule has 1 atom stereocenters. The molecule has 7 nitrogen and oxygen atoms in total. The van der Waals surface area contributed by atoms with Crippen LogP contribution in [0.2, 0.25) is 0 Å². The fraction of sp³-hybridized carbons (Fsp3) is 0.333. The first kappa shape index (κ1) is 25.0. The Balaban J connectivity index is 1.17. The van der Waals surface area contributed by atoms with E-state index in [4.69, 9.17) is 14.6 Å². The topological polar surface area (TPSA) is 88.1 Å². The van der Waals surface area contributed by atoms with E-state index in [1.807, 2.05) is 59.5 Å². The molecule has 0 aliphatic carbocycles. The number of carbonyl (C=O) groups excluding carboxylic acids is 2. The molecule has 3 aromatic carbocycles. The minimum Gasteiger partial charge on any atom is -0.464 e. The second kappa shape index (κ2) is 11.6. The Hall–Kier alpha value is -3.68. The largest absolute Gasteiger partial charge is 0.464 e. The fourth-order valence-corrected chi connectivity index (χ4v) is 4.89. The quantitative estimate of drug-likeness (QED) is 0.474. The van der Waals surface area contributed by atoms with E-state index in [-0.39, 0.29) is 30.6 Å². The van der Waals surface area contributed by atoms with Crippen molar-refractivity contribution in [1.82, 2.24) is 10.2 Å². The van der Waals surface area contributed by atoms with Crippen molar-refractivity contribution in [2.45, 2.75) is 32.2 Å². The molecule has 0 spiro atoms. The van der Waals surface area contributed by atoms with Gasteiger partial charge in [0.25, 0.3) is 11.8 Å². The zero-order valence-corrected chi connectivity index (χ0v) is 20.8. The summed E-state index contributed by atoms with van der Waals surface area (Å²) >= 11 is 0. The molecule has 0 radical (unpaired) electrons. The molecule has 2 N–H and O–H groups in total. The Morgan fingerprint density at radius 2 is 1.65 bits per heavy atom. The number of likely N-dealkylation sites (tertiary alicyclic amines) is 1. The number of aliphatic hydroxyl groups excluding tert-OH is 1. The number of piperidine rings is 1. The van der Waals surface area contributed by atoms with Gasteiger partial charge in [0.1, 0.15) is 5.75 Å². The van der Waals surface area contributed by atoms with Crippen LogP contribution in [0.15, 0.2) is 72.8 Å². The van der Waals surface area contributed by atoms with Gasteiger partial charge in [-0.15, -0.1) is 0 Å². The van der Waals surface area contributed by atoms with Gasteiger partial charge in [-0.05, 0) is 66.8 Å². The van der Waals surface area contributed by atoms with Gasteiger partial charge in [0.2, 0.25) is 6.29 Å². The monoisotopic (exact) mass is 500 g/mol. The van der Waals surface area contributed by atoms with Gasteiger partial charge in [0.05, 0.1) is 6.61 Å². The number of rotatable bonds is 7. The summed E-state index contributed by atoms with van der Waals surface area (Å²) < 4.78 is 12.4. The Bertz CT molecular complexity index is 1220. The number of carbonyl (C=O) groups is 2. The van der Waals surface area contributed by atoms with Gasteiger partial charge < -0.3 is 24.8 Å². The number of nitrogens with zero attached hydrogens (tertiary/aromatic N) is 1. The third-order valence-electron chi connectivity index (χ3n) is 7.04. The maximum absolute atomic E-state index is 12.7. The van der Waals surface area contributed by atoms with Gasteiger partial charge in [-0.2, -0.15) is 0 Å². The number of amides is 2. The summed E-state index contributed by atoms with van der Waals surface area (Å²) in [7, 11) is 0. The van der Waals surface area contributed by atoms with Crippen molar-refractivity contribution >= 4 is 11.8 Å². The van der Waals surface area contributed by atoms with E-state index in [1.165, 1.54) is 0 Å². The predicted molar refractivity (Wildman–Crippen MR) is 140 cm³/mol. The molecule has 2 aliphatic heterocycles. The second-order valence-electron chi connectivity index (χ2n) is 9.53. The normalized spacial score (nSPS) is 17.5. The van der Waals surface area contributed by atoms with E-state index >= 15 is 0 Å². The molecule has 7 heteroatoms. The Morgan fingerprint density at radius 3 is 2.38 bits per heavy atom. The molecule has 1 fully saturated rings. The molecular formula is C30H32N2O5. The molecule has 1 unspecified atom stereocenters. The number of aliphatic hydroxyl groups is 1. The number of hydrogen-bond acceptors (Lipinski definition) is 5. The van der Waals surface area contributed by atoms with E-state index < -0.39 is 0 Å². The molecular weight excluding hydrogens is 468 g/mol. The number of hydrogen-bond donors (Lipinski definition) is 2. The molecule has 37 heavy (non-hydrogen) atoms. The number of ether oxygens (including phenoxy) is 2. The maximum atomic E-state index is 12.7. The van der Waals surface area contributed by atoms with Crippen LogP contribution in [0.3, 0.4) is 0 Å². The Kier molecular flexibility index (Phi) is 7.82. The zero-order valence-electron chi connectivity index (χ0n) is 20.8. The van der Waals surface area contributed by atoms with Crippen LogP contribution in [0.5, 0.6) is 5.75 Å². The highest BCUT2D eigenvalue weighted by Gasteiger charge is 2.33. The van der Waals surface area contributed by atoms with Gasteiger partial charge in [-0.3, -0.25) is 9.59 Å². The molecule has 2 amide bonds. The van der Waals surface area contributed by atoms with Crippen molar-refractivity contribution in [1.29, 1.82) is 0 Å². The summed E-state index contributed by atoms with van der Waals surface area (Å²) in [6.45, 7) is 2.38. The lowest BCUT2D eigenvalue weighted by Gasteiger charge is -2.37. The minimum absolute atomic E-state index is 0.0563. The summed E-state index contributed by atoms with van der Waals surface area (Å²) in [6, 6.07) is 23.0. The summed E-state index contributed by atoms with van der Waals surface area (Å²) in [4.78, 5) is 26.8. The van der Waals surface area contributed by atoms with Crippen LogP contribution in [0.1, 0.15) is 45.5 Å². The molecule has 0 saturated carbocycles. The van der Waals surface area contributed by atoms with Crippen LogP contribution < -0.4 is 10.1 Å². The first-order chi connectivity index (χ1) is 18.1. The van der Waals surface area contributed by atoms with Crippen molar-refractivity contribution < 1.29 is 24.2 Å². The highest BCUT2D eigenvalue weighted by molar-refractivity contribution is 5.95. The van der Waals surface area contributed by atoms with Crippen LogP contribution >= 0.6 is 0 Å². The summed E-state index contributed by atoms with van der Waals surface area (Å²) in [5.41, 5.74) is 4.35. The zero-order chi connectivity index (χ0) is 25.6. The average Bonchev–Trinajstić information content (AvgIpc) is 2.97. The molecule has 0 aromatic heterocycles. The average molecular weight is 501 g/mol. The van der Waals surface area contributed by atoms with Crippen molar-refractivity contribution in [2.24, 2.45) is 5.92 Å². The predicted octanol–water partition coefficient (Wildman–Crippen LogP) is 4.25. The van der Waals surface area contributed by atoms with Gasteiger partial charge in [-0.1, -0.05) is 36.4 Å². The molecule has 5 rings (SSSR count). The van der Waals surface area contributed by atoms with Crippen molar-refractivity contribution in [3.05, 3.63) is 89.5 Å². The summed E-state index contributed by atoms with van der Waals surface area (Å²) in [5, 5.41) is 11.7. The van der Waals surface area contributed by atoms with Gasteiger partial charge in [0, 0.05) is 48.8 Å². The van der Waals surface area contributed by atoms with E-state index in [9.17, 15) is 9.59 Å². The van der Waals surface area contributed by atoms with E-state index in [0.29, 0.717) is 38.2 Å². The van der Waals surface area contributed by atoms with Crippen LogP contribution in [-0.2, 0) is 11.3 Å². The van der Waals surface area contributed by atoms with Crippen LogP contribution in [0.25, 0.3) is 11.1 Å². The molecule has 3 aromatic rings. The number of benzene rings is 3. The second-order valence-corrected chi connectivity index (χ2v) is 9.53. The van der Waals surface area contributed by atoms with Crippen LogP contribution in [0, 0.1) is 5.92 Å². The fourth-order valence-electron chi connectivity index (χ4n) is 4.89. The molecule has 2 aliphatic rings. The first-order valence-electron chi connectivity index (χ1n) is 12.9. The lowest BCUT2D eigenvalue weighted by atomic mass is 9.94. The molecule has 0 bridgehead atoms. The van der Waals surface area contributed by atoms with Crippen molar-refractivity contribution in [3.8, 4) is 16.9 Å². The van der Waals surface area contributed by atoms with Crippen molar-refractivity contribution in [3.63, 3.8) is 0 Å². The molecule has 192 valence electrons. The molecule has 1 saturated heterocycles. The highest BCUT2D eigenvalue weighted by Crippen LogP contribution is 2.35. The Labute approximate surface area is 217 Å². The summed E-state index contributed by atoms with van der Waals surface area (Å²) in [6.07, 6.45) is 1.92. The third-order valence-corrected chi connectivity index (χ3v) is 7.04. The van der Waals surface area contributed by atoms with Crippen LogP contribution in [-0.4, -0.2) is 54.4 Å². The number of fused-ring (bicyclic) bond motifs is 1.